The average Bonchev–Trinajstić information content (AvgIpc) is 3.07. The number of nitrogens with two attached hydrogens (primary N) is 1. The van der Waals surface area contributed by atoms with E-state index in [4.69, 9.17) is 5.73 Å². The van der Waals surface area contributed by atoms with E-state index in [0.29, 0.717) is 22.2 Å². The first-order chi connectivity index (χ1) is 9.53. The van der Waals surface area contributed by atoms with Gasteiger partial charge in [0, 0.05) is 24.5 Å². The minimum atomic E-state index is -3.43. The van der Waals surface area contributed by atoms with Crippen LogP contribution in [0.4, 0.5) is 0 Å². The Balaban J connectivity index is 1.88. The van der Waals surface area contributed by atoms with E-state index in [1.165, 1.54) is 24.2 Å². The highest BCUT2D eigenvalue weighted by Crippen LogP contribution is 2.21. The lowest BCUT2D eigenvalue weighted by atomic mass is 10.2. The quantitative estimate of drug-likeness (QED) is 0.793. The van der Waals surface area contributed by atoms with E-state index in [1.807, 2.05) is 0 Å². The van der Waals surface area contributed by atoms with Crippen molar-refractivity contribution in [1.29, 1.82) is 0 Å². The molecule has 1 aliphatic heterocycles. The predicted octanol–water partition coefficient (Wildman–Crippen LogP) is 1.22. The number of thiophene rings is 1. The van der Waals surface area contributed by atoms with Crippen molar-refractivity contribution in [2.24, 2.45) is 11.7 Å². The summed E-state index contributed by atoms with van der Waals surface area (Å²) in [6.45, 7) is 6.04. The molecule has 3 N–H and O–H groups in total. The van der Waals surface area contributed by atoms with Crippen LogP contribution < -0.4 is 10.5 Å². The van der Waals surface area contributed by atoms with Crippen LogP contribution in [0.25, 0.3) is 0 Å². The molecule has 1 aromatic rings. The number of likely N-dealkylation sites (tertiary alicyclic amines) is 1. The maximum Gasteiger partial charge on any atom is 0.241 e. The Morgan fingerprint density at radius 1 is 1.45 bits per heavy atom. The first-order valence-corrected chi connectivity index (χ1v) is 9.37. The molecule has 1 fully saturated rings. The van der Waals surface area contributed by atoms with E-state index in [2.05, 4.69) is 16.5 Å². The van der Waals surface area contributed by atoms with Crippen LogP contribution in [0, 0.1) is 5.92 Å². The van der Waals surface area contributed by atoms with Gasteiger partial charge >= 0.3 is 0 Å². The van der Waals surface area contributed by atoms with Gasteiger partial charge in [0.2, 0.25) is 10.0 Å². The number of hydrogen-bond acceptors (Lipinski definition) is 5. The average molecular weight is 317 g/mol. The lowest BCUT2D eigenvalue weighted by Gasteiger charge is -2.20. The van der Waals surface area contributed by atoms with Crippen LogP contribution in [-0.2, 0) is 16.6 Å². The van der Waals surface area contributed by atoms with Crippen LogP contribution in [-0.4, -0.2) is 39.5 Å². The summed E-state index contributed by atoms with van der Waals surface area (Å²) in [4.78, 5) is 3.44. The van der Waals surface area contributed by atoms with Crippen LogP contribution in [0.3, 0.4) is 0 Å². The van der Waals surface area contributed by atoms with Crippen molar-refractivity contribution in [3.8, 4) is 0 Å². The first-order valence-electron chi connectivity index (χ1n) is 7.01. The van der Waals surface area contributed by atoms with Gasteiger partial charge in [-0.2, -0.15) is 0 Å². The summed E-state index contributed by atoms with van der Waals surface area (Å²) in [5.74, 6) is 0.308. The van der Waals surface area contributed by atoms with E-state index in [9.17, 15) is 8.42 Å². The van der Waals surface area contributed by atoms with Gasteiger partial charge in [0.15, 0.2) is 0 Å². The predicted molar refractivity (Wildman–Crippen MR) is 82.2 cm³/mol. The third-order valence-electron chi connectivity index (χ3n) is 3.57. The molecular weight excluding hydrogens is 294 g/mol. The summed E-state index contributed by atoms with van der Waals surface area (Å²) >= 11 is 1.38. The molecule has 0 bridgehead atoms. The zero-order valence-corrected chi connectivity index (χ0v) is 13.5. The molecule has 1 unspecified atom stereocenters. The Labute approximate surface area is 125 Å². The van der Waals surface area contributed by atoms with E-state index in [0.717, 1.165) is 19.6 Å². The highest BCUT2D eigenvalue weighted by Gasteiger charge is 2.21. The van der Waals surface area contributed by atoms with Crippen LogP contribution in [0.5, 0.6) is 0 Å². The van der Waals surface area contributed by atoms with Crippen molar-refractivity contribution in [3.63, 3.8) is 0 Å². The molecule has 2 rings (SSSR count). The summed E-state index contributed by atoms with van der Waals surface area (Å²) in [5, 5.41) is 1.77. The molecule has 1 atom stereocenters. The summed E-state index contributed by atoms with van der Waals surface area (Å²) in [6, 6.07) is 1.63. The van der Waals surface area contributed by atoms with E-state index in [1.54, 1.807) is 11.4 Å². The molecule has 1 aliphatic rings. The van der Waals surface area contributed by atoms with Crippen molar-refractivity contribution in [3.05, 3.63) is 16.3 Å². The lowest BCUT2D eigenvalue weighted by Crippen LogP contribution is -2.34. The Morgan fingerprint density at radius 3 is 2.80 bits per heavy atom. The second-order valence-electron chi connectivity index (χ2n) is 5.38. The summed E-state index contributed by atoms with van der Waals surface area (Å²) < 4.78 is 27.2. The van der Waals surface area contributed by atoms with E-state index in [-0.39, 0.29) is 6.54 Å². The third-order valence-corrected chi connectivity index (χ3v) is 6.15. The van der Waals surface area contributed by atoms with Gasteiger partial charge in [0.1, 0.15) is 0 Å². The molecule has 0 aliphatic carbocycles. The van der Waals surface area contributed by atoms with E-state index >= 15 is 0 Å². The van der Waals surface area contributed by atoms with Crippen molar-refractivity contribution < 1.29 is 8.42 Å². The number of sulfonamides is 1. The first kappa shape index (κ1) is 15.9. The zero-order valence-electron chi connectivity index (χ0n) is 11.8. The maximum atomic E-state index is 12.2. The van der Waals surface area contributed by atoms with Crippen molar-refractivity contribution in [1.82, 2.24) is 9.62 Å². The molecule has 0 saturated carbocycles. The van der Waals surface area contributed by atoms with Gasteiger partial charge in [0.25, 0.3) is 0 Å². The molecule has 1 aromatic heterocycles. The van der Waals surface area contributed by atoms with Gasteiger partial charge in [-0.1, -0.05) is 6.92 Å². The largest absolute Gasteiger partial charge is 0.326 e. The van der Waals surface area contributed by atoms with Crippen LogP contribution >= 0.6 is 11.3 Å². The number of rotatable bonds is 7. The fraction of sp³-hybridized carbons (Fsp3) is 0.692. The Kier molecular flexibility index (Phi) is 5.57. The van der Waals surface area contributed by atoms with Crippen LogP contribution in [0.2, 0.25) is 0 Å². The summed E-state index contributed by atoms with van der Waals surface area (Å²) in [6.07, 6.45) is 2.51. The molecule has 0 aromatic carbocycles. The van der Waals surface area contributed by atoms with Gasteiger partial charge in [0.05, 0.1) is 4.90 Å². The van der Waals surface area contributed by atoms with Crippen molar-refractivity contribution in [2.75, 3.05) is 26.2 Å². The Morgan fingerprint density at radius 2 is 2.15 bits per heavy atom. The molecule has 20 heavy (non-hydrogen) atoms. The second kappa shape index (κ2) is 7.00. The van der Waals surface area contributed by atoms with Gasteiger partial charge < -0.3 is 10.6 Å². The molecule has 2 heterocycles. The lowest BCUT2D eigenvalue weighted by molar-refractivity contribution is 0.288. The molecule has 0 radical (unpaired) electrons. The monoisotopic (exact) mass is 317 g/mol. The summed E-state index contributed by atoms with van der Waals surface area (Å²) in [5.41, 5.74) is 5.57. The minimum Gasteiger partial charge on any atom is -0.326 e. The highest BCUT2D eigenvalue weighted by atomic mass is 32.2. The molecule has 1 saturated heterocycles. The van der Waals surface area contributed by atoms with Gasteiger partial charge in [-0.25, -0.2) is 13.1 Å². The fourth-order valence-electron chi connectivity index (χ4n) is 2.52. The molecule has 0 spiro atoms. The second-order valence-corrected chi connectivity index (χ2v) is 8.11. The topological polar surface area (TPSA) is 75.4 Å². The normalized spacial score (nSPS) is 18.5. The number of nitrogens with zero attached hydrogens (tertiary/aromatic N) is 1. The molecular formula is C13H23N3O2S2. The van der Waals surface area contributed by atoms with Gasteiger partial charge in [-0.3, -0.25) is 0 Å². The SMILES string of the molecule is CC(CNS(=O)(=O)c1ccsc1CN)CN1CCCC1. The smallest absolute Gasteiger partial charge is 0.241 e. The maximum absolute atomic E-state index is 12.2. The molecule has 5 nitrogen and oxygen atoms in total. The standard InChI is InChI=1S/C13H23N3O2S2/c1-11(10-16-5-2-3-6-16)9-15-20(17,18)13-4-7-19-12(13)8-14/h4,7,11,15H,2-3,5-6,8-10,14H2,1H3. The van der Waals surface area contributed by atoms with Crippen LogP contribution in [0.1, 0.15) is 24.6 Å². The van der Waals surface area contributed by atoms with Crippen molar-refractivity contribution in [2.45, 2.75) is 31.2 Å². The van der Waals surface area contributed by atoms with Crippen LogP contribution in [0.15, 0.2) is 16.3 Å². The zero-order chi connectivity index (χ0) is 14.6. The number of hydrogen-bond donors (Lipinski definition) is 2. The van der Waals surface area contributed by atoms with Crippen molar-refractivity contribution >= 4 is 21.4 Å². The number of nitrogens with one attached hydrogen (secondary N) is 1. The highest BCUT2D eigenvalue weighted by molar-refractivity contribution is 7.89. The fourth-order valence-corrected chi connectivity index (χ4v) is 5.02. The van der Waals surface area contributed by atoms with Gasteiger partial charge in [-0.05, 0) is 43.3 Å². The van der Waals surface area contributed by atoms with Gasteiger partial charge in [-0.15, -0.1) is 11.3 Å². The molecule has 0 amide bonds. The molecule has 114 valence electrons. The summed E-state index contributed by atoms with van der Waals surface area (Å²) in [7, 11) is -3.43. The molecule has 7 heteroatoms. The Hall–Kier alpha value is -0.470. The Bertz CT molecular complexity index is 521. The van der Waals surface area contributed by atoms with E-state index < -0.39 is 10.0 Å². The third kappa shape index (κ3) is 4.02. The minimum absolute atomic E-state index is 0.261.